The van der Waals surface area contributed by atoms with Crippen LogP contribution >= 0.6 is 11.8 Å². The zero-order chi connectivity index (χ0) is 23.5. The number of ketones is 1. The fourth-order valence-corrected chi connectivity index (χ4v) is 4.88. The molecule has 4 aromatic rings. The molecular weight excluding hydrogens is 432 g/mol. The number of para-hydroxylation sites is 1. The van der Waals surface area contributed by atoms with Crippen molar-refractivity contribution in [3.8, 4) is 11.8 Å². The van der Waals surface area contributed by atoms with E-state index < -0.39 is 0 Å². The summed E-state index contributed by atoms with van der Waals surface area (Å²) in [4.78, 5) is 31.2. The molecule has 0 N–H and O–H groups in total. The summed E-state index contributed by atoms with van der Waals surface area (Å²) < 4.78 is 3.68. The molecule has 33 heavy (non-hydrogen) atoms. The van der Waals surface area contributed by atoms with E-state index in [1.54, 1.807) is 42.5 Å². The summed E-state index contributed by atoms with van der Waals surface area (Å²) in [5.74, 6) is 0.168. The van der Waals surface area contributed by atoms with Gasteiger partial charge in [0.25, 0.3) is 5.56 Å². The van der Waals surface area contributed by atoms with Crippen LogP contribution in [0.15, 0.2) is 64.5 Å². The number of carbonyl (C=O) groups is 1. The fourth-order valence-electron chi connectivity index (χ4n) is 3.98. The van der Waals surface area contributed by atoms with Crippen molar-refractivity contribution in [3.63, 3.8) is 0 Å². The van der Waals surface area contributed by atoms with Crippen molar-refractivity contribution in [2.45, 2.75) is 38.9 Å². The van der Waals surface area contributed by atoms with Gasteiger partial charge in [0.05, 0.1) is 34.0 Å². The molecule has 2 aromatic carbocycles. The smallest absolute Gasteiger partial charge is 0.266 e. The lowest BCUT2D eigenvalue weighted by molar-refractivity contribution is 0.102. The molecule has 0 saturated heterocycles. The Morgan fingerprint density at radius 1 is 1.12 bits per heavy atom. The molecule has 0 aliphatic carbocycles. The quantitative estimate of drug-likeness (QED) is 0.221. The predicted octanol–water partition coefficient (Wildman–Crippen LogP) is 5.06. The van der Waals surface area contributed by atoms with Crippen LogP contribution < -0.4 is 5.56 Å². The summed E-state index contributed by atoms with van der Waals surface area (Å²) in [5.41, 5.74) is 4.24. The maximum atomic E-state index is 13.3. The van der Waals surface area contributed by atoms with Gasteiger partial charge in [-0.15, -0.1) is 0 Å². The van der Waals surface area contributed by atoms with Crippen LogP contribution in [-0.2, 0) is 6.54 Å². The number of rotatable bonds is 7. The number of thioether (sulfide) groups is 1. The monoisotopic (exact) mass is 456 g/mol. The van der Waals surface area contributed by atoms with Gasteiger partial charge in [-0.2, -0.15) is 5.26 Å². The van der Waals surface area contributed by atoms with E-state index in [2.05, 4.69) is 17.6 Å². The van der Waals surface area contributed by atoms with Gasteiger partial charge in [-0.05, 0) is 62.7 Å². The van der Waals surface area contributed by atoms with Gasteiger partial charge in [-0.3, -0.25) is 14.2 Å². The van der Waals surface area contributed by atoms with Gasteiger partial charge in [-0.1, -0.05) is 30.8 Å². The molecule has 7 heteroatoms. The highest BCUT2D eigenvalue weighted by atomic mass is 32.2. The highest BCUT2D eigenvalue weighted by Crippen LogP contribution is 2.24. The first kappa shape index (κ1) is 22.6. The second kappa shape index (κ2) is 9.47. The van der Waals surface area contributed by atoms with E-state index in [1.807, 2.05) is 26.0 Å². The molecule has 6 nitrogen and oxygen atoms in total. The van der Waals surface area contributed by atoms with Crippen LogP contribution in [0.2, 0.25) is 0 Å². The largest absolute Gasteiger partial charge is 0.348 e. The number of benzene rings is 2. The van der Waals surface area contributed by atoms with Gasteiger partial charge in [0.2, 0.25) is 0 Å². The number of hydrogen-bond donors (Lipinski definition) is 0. The molecule has 0 unspecified atom stereocenters. The third-order valence-electron chi connectivity index (χ3n) is 5.65. The highest BCUT2D eigenvalue weighted by molar-refractivity contribution is 7.99. The summed E-state index contributed by atoms with van der Waals surface area (Å²) in [6, 6.07) is 18.0. The number of nitriles is 1. The predicted molar refractivity (Wildman–Crippen MR) is 131 cm³/mol. The first-order valence-electron chi connectivity index (χ1n) is 10.8. The molecule has 166 valence electrons. The average Bonchev–Trinajstić information content (AvgIpc) is 3.11. The third kappa shape index (κ3) is 4.35. The lowest BCUT2D eigenvalue weighted by Crippen LogP contribution is -2.22. The van der Waals surface area contributed by atoms with Crippen LogP contribution in [0.3, 0.4) is 0 Å². The molecule has 0 aliphatic rings. The van der Waals surface area contributed by atoms with Gasteiger partial charge in [0.1, 0.15) is 0 Å². The van der Waals surface area contributed by atoms with Crippen LogP contribution in [0.5, 0.6) is 0 Å². The van der Waals surface area contributed by atoms with Gasteiger partial charge in [0.15, 0.2) is 10.9 Å². The Balaban J connectivity index is 1.73. The number of aromatic nitrogens is 3. The minimum absolute atomic E-state index is 0.00393. The zero-order valence-corrected chi connectivity index (χ0v) is 19.6. The third-order valence-corrected chi connectivity index (χ3v) is 6.59. The maximum Gasteiger partial charge on any atom is 0.266 e. The Kier molecular flexibility index (Phi) is 6.47. The molecule has 4 rings (SSSR count). The Labute approximate surface area is 196 Å². The van der Waals surface area contributed by atoms with E-state index in [9.17, 15) is 9.59 Å². The van der Waals surface area contributed by atoms with Crippen LogP contribution in [0.25, 0.3) is 16.6 Å². The Hall–Kier alpha value is -3.63. The molecule has 0 spiro atoms. The minimum atomic E-state index is -0.207. The Morgan fingerprint density at radius 3 is 2.55 bits per heavy atom. The first-order chi connectivity index (χ1) is 15.9. The van der Waals surface area contributed by atoms with Crippen molar-refractivity contribution < 1.29 is 4.79 Å². The number of Topliss-reactive ketones (excluding diaryl/α,β-unsaturated/α-hetero) is 1. The SMILES string of the molecule is CCCn1c(C)cc(C(=O)CSc2nc3ccccc3c(=O)n2-c2ccc(C#N)cc2)c1C. The standard InChI is InChI=1S/C26H24N4O2S/c1-4-13-29-17(2)14-22(18(29)3)24(31)16-33-26-28-23-8-6-5-7-21(23)25(32)30(26)20-11-9-19(15-27)10-12-20/h5-12,14H,4,13,16H2,1-3H3. The molecule has 2 heterocycles. The second-order valence-electron chi connectivity index (χ2n) is 7.86. The Morgan fingerprint density at radius 2 is 1.85 bits per heavy atom. The van der Waals surface area contributed by atoms with Crippen LogP contribution in [-0.4, -0.2) is 25.7 Å². The van der Waals surface area contributed by atoms with E-state index in [4.69, 9.17) is 10.2 Å². The summed E-state index contributed by atoms with van der Waals surface area (Å²) in [7, 11) is 0. The zero-order valence-electron chi connectivity index (χ0n) is 18.8. The van der Waals surface area contributed by atoms with E-state index in [0.717, 1.165) is 24.4 Å². The van der Waals surface area contributed by atoms with Crippen molar-refractivity contribution in [1.82, 2.24) is 14.1 Å². The van der Waals surface area contributed by atoms with Crippen LogP contribution in [0.4, 0.5) is 0 Å². The molecular formula is C26H24N4O2S. The lowest BCUT2D eigenvalue weighted by Gasteiger charge is -2.13. The number of carbonyl (C=O) groups excluding carboxylic acids is 1. The number of fused-ring (bicyclic) bond motifs is 1. The van der Waals surface area contributed by atoms with Crippen molar-refractivity contribution in [2.24, 2.45) is 0 Å². The fraction of sp³-hybridized carbons (Fsp3) is 0.231. The van der Waals surface area contributed by atoms with Gasteiger partial charge >= 0.3 is 0 Å². The molecule has 0 amide bonds. The molecule has 0 radical (unpaired) electrons. The molecule has 0 aliphatic heterocycles. The minimum Gasteiger partial charge on any atom is -0.348 e. The highest BCUT2D eigenvalue weighted by Gasteiger charge is 2.19. The summed E-state index contributed by atoms with van der Waals surface area (Å²) >= 11 is 1.25. The summed E-state index contributed by atoms with van der Waals surface area (Å²) in [6.07, 6.45) is 0.997. The molecule has 0 saturated carbocycles. The first-order valence-corrected chi connectivity index (χ1v) is 11.8. The topological polar surface area (TPSA) is 80.7 Å². The Bertz CT molecular complexity index is 1440. The van der Waals surface area contributed by atoms with Crippen molar-refractivity contribution in [2.75, 3.05) is 5.75 Å². The van der Waals surface area contributed by atoms with E-state index in [0.29, 0.717) is 32.9 Å². The molecule has 0 bridgehead atoms. The van der Waals surface area contributed by atoms with E-state index >= 15 is 0 Å². The van der Waals surface area contributed by atoms with E-state index in [-0.39, 0.29) is 17.1 Å². The van der Waals surface area contributed by atoms with Gasteiger partial charge in [-0.25, -0.2) is 4.98 Å². The normalized spacial score (nSPS) is 11.0. The van der Waals surface area contributed by atoms with Crippen molar-refractivity contribution >= 4 is 28.4 Å². The maximum absolute atomic E-state index is 13.3. The van der Waals surface area contributed by atoms with Gasteiger partial charge < -0.3 is 4.57 Å². The molecule has 0 fully saturated rings. The number of hydrogen-bond acceptors (Lipinski definition) is 5. The molecule has 2 aromatic heterocycles. The summed E-state index contributed by atoms with van der Waals surface area (Å²) in [6.45, 7) is 6.98. The summed E-state index contributed by atoms with van der Waals surface area (Å²) in [5, 5.41) is 10.1. The van der Waals surface area contributed by atoms with E-state index in [1.165, 1.54) is 16.3 Å². The second-order valence-corrected chi connectivity index (χ2v) is 8.80. The molecule has 0 atom stereocenters. The van der Waals surface area contributed by atoms with Crippen molar-refractivity contribution in [3.05, 3.63) is 87.5 Å². The lowest BCUT2D eigenvalue weighted by atomic mass is 10.2. The van der Waals surface area contributed by atoms with Crippen LogP contribution in [0, 0.1) is 25.2 Å². The van der Waals surface area contributed by atoms with Crippen molar-refractivity contribution in [1.29, 1.82) is 5.26 Å². The average molecular weight is 457 g/mol. The van der Waals surface area contributed by atoms with Gasteiger partial charge in [0, 0.05) is 23.5 Å². The van der Waals surface area contributed by atoms with Crippen LogP contribution in [0.1, 0.15) is 40.7 Å². The number of aryl methyl sites for hydroxylation is 1. The number of nitrogens with zero attached hydrogens (tertiary/aromatic N) is 4.